The molecule has 0 aliphatic heterocycles. The number of nitrogens with zero attached hydrogens (tertiary/aromatic N) is 2. The summed E-state index contributed by atoms with van der Waals surface area (Å²) in [5, 5.41) is 1.87. The van der Waals surface area contributed by atoms with E-state index >= 15 is 0 Å². The standard InChI is InChI=1S/C16H14N4O/c1-9-12(16(18)21)5-7-19-14(9)11-2-3-13-10(8-11)4-6-20-15(13)17/h2-8H,1H3,(H2,17,20)(H2,18,21). The Labute approximate surface area is 121 Å². The predicted octanol–water partition coefficient (Wildman–Crippen LogP) is 2.29. The second kappa shape index (κ2) is 4.86. The second-order valence-corrected chi connectivity index (χ2v) is 4.83. The fourth-order valence-electron chi connectivity index (χ4n) is 2.44. The first-order chi connectivity index (χ1) is 10.1. The zero-order chi connectivity index (χ0) is 15.0. The number of primary amides is 1. The number of carbonyl (C=O) groups is 1. The number of amides is 1. The SMILES string of the molecule is Cc1c(C(N)=O)ccnc1-c1ccc2c(N)nccc2c1. The van der Waals surface area contributed by atoms with Gasteiger partial charge in [-0.05, 0) is 36.1 Å². The summed E-state index contributed by atoms with van der Waals surface area (Å²) >= 11 is 0. The lowest BCUT2D eigenvalue weighted by molar-refractivity contribution is 0.0999. The first-order valence-electron chi connectivity index (χ1n) is 6.48. The van der Waals surface area contributed by atoms with Crippen LogP contribution in [0.4, 0.5) is 5.82 Å². The Balaban J connectivity index is 2.22. The molecule has 0 unspecified atom stereocenters. The van der Waals surface area contributed by atoms with Crippen molar-refractivity contribution in [1.82, 2.24) is 9.97 Å². The van der Waals surface area contributed by atoms with Crippen LogP contribution in [-0.4, -0.2) is 15.9 Å². The van der Waals surface area contributed by atoms with Crippen molar-refractivity contribution in [2.24, 2.45) is 5.73 Å². The van der Waals surface area contributed by atoms with E-state index in [1.807, 2.05) is 31.2 Å². The smallest absolute Gasteiger partial charge is 0.249 e. The molecule has 0 fully saturated rings. The molecule has 2 heterocycles. The van der Waals surface area contributed by atoms with E-state index in [1.165, 1.54) is 0 Å². The largest absolute Gasteiger partial charge is 0.383 e. The van der Waals surface area contributed by atoms with Gasteiger partial charge in [-0.2, -0.15) is 0 Å². The van der Waals surface area contributed by atoms with E-state index < -0.39 is 5.91 Å². The molecule has 1 aromatic carbocycles. The Morgan fingerprint density at radius 2 is 1.86 bits per heavy atom. The summed E-state index contributed by atoms with van der Waals surface area (Å²) in [5.41, 5.74) is 14.1. The van der Waals surface area contributed by atoms with E-state index in [0.717, 1.165) is 27.6 Å². The minimum absolute atomic E-state index is 0.453. The summed E-state index contributed by atoms with van der Waals surface area (Å²) in [5.74, 6) is 0.0417. The summed E-state index contributed by atoms with van der Waals surface area (Å²) in [6, 6.07) is 9.33. The lowest BCUT2D eigenvalue weighted by atomic mass is 10.00. The minimum atomic E-state index is -0.453. The number of anilines is 1. The summed E-state index contributed by atoms with van der Waals surface area (Å²) < 4.78 is 0. The highest BCUT2D eigenvalue weighted by Gasteiger charge is 2.12. The average molecular weight is 278 g/mol. The minimum Gasteiger partial charge on any atom is -0.383 e. The monoisotopic (exact) mass is 278 g/mol. The van der Waals surface area contributed by atoms with Gasteiger partial charge in [0.2, 0.25) is 5.91 Å². The maximum Gasteiger partial charge on any atom is 0.249 e. The normalized spacial score (nSPS) is 10.7. The fraction of sp³-hybridized carbons (Fsp3) is 0.0625. The molecule has 5 heteroatoms. The molecule has 21 heavy (non-hydrogen) atoms. The summed E-state index contributed by atoms with van der Waals surface area (Å²) in [4.78, 5) is 19.9. The second-order valence-electron chi connectivity index (χ2n) is 4.83. The van der Waals surface area contributed by atoms with Crippen LogP contribution in [0, 0.1) is 6.92 Å². The van der Waals surface area contributed by atoms with Crippen molar-refractivity contribution in [1.29, 1.82) is 0 Å². The Morgan fingerprint density at radius 1 is 1.10 bits per heavy atom. The van der Waals surface area contributed by atoms with Crippen molar-refractivity contribution in [3.8, 4) is 11.3 Å². The van der Waals surface area contributed by atoms with Gasteiger partial charge in [0.05, 0.1) is 5.69 Å². The number of rotatable bonds is 2. The molecule has 3 rings (SSSR count). The van der Waals surface area contributed by atoms with Crippen LogP contribution in [0.5, 0.6) is 0 Å². The molecular weight excluding hydrogens is 264 g/mol. The predicted molar refractivity (Wildman–Crippen MR) is 82.6 cm³/mol. The molecule has 5 nitrogen and oxygen atoms in total. The zero-order valence-corrected chi connectivity index (χ0v) is 11.5. The third-order valence-corrected chi connectivity index (χ3v) is 3.54. The average Bonchev–Trinajstić information content (AvgIpc) is 2.47. The molecule has 0 saturated carbocycles. The van der Waals surface area contributed by atoms with Crippen molar-refractivity contribution >= 4 is 22.5 Å². The number of carbonyl (C=O) groups excluding carboxylic acids is 1. The molecule has 3 aromatic rings. The van der Waals surface area contributed by atoms with Crippen LogP contribution in [0.3, 0.4) is 0 Å². The van der Waals surface area contributed by atoms with Crippen molar-refractivity contribution in [3.63, 3.8) is 0 Å². The molecule has 2 aromatic heterocycles. The summed E-state index contributed by atoms with van der Waals surface area (Å²) in [6.45, 7) is 1.84. The lowest BCUT2D eigenvalue weighted by Gasteiger charge is -2.09. The van der Waals surface area contributed by atoms with E-state index in [0.29, 0.717) is 11.4 Å². The third kappa shape index (κ3) is 2.18. The van der Waals surface area contributed by atoms with Crippen LogP contribution < -0.4 is 11.5 Å². The van der Waals surface area contributed by atoms with Crippen molar-refractivity contribution in [2.45, 2.75) is 6.92 Å². The van der Waals surface area contributed by atoms with Crippen molar-refractivity contribution in [3.05, 3.63) is 53.9 Å². The third-order valence-electron chi connectivity index (χ3n) is 3.54. The van der Waals surface area contributed by atoms with Gasteiger partial charge in [0.1, 0.15) is 5.82 Å². The van der Waals surface area contributed by atoms with Crippen molar-refractivity contribution in [2.75, 3.05) is 5.73 Å². The van der Waals surface area contributed by atoms with Crippen LogP contribution in [0.25, 0.3) is 22.0 Å². The van der Waals surface area contributed by atoms with Crippen LogP contribution in [-0.2, 0) is 0 Å². The van der Waals surface area contributed by atoms with Gasteiger partial charge < -0.3 is 11.5 Å². The number of nitrogens with two attached hydrogens (primary N) is 2. The lowest BCUT2D eigenvalue weighted by Crippen LogP contribution is -2.13. The van der Waals surface area contributed by atoms with Gasteiger partial charge in [-0.1, -0.05) is 12.1 Å². The molecule has 0 aliphatic rings. The highest BCUT2D eigenvalue weighted by atomic mass is 16.1. The van der Waals surface area contributed by atoms with E-state index in [2.05, 4.69) is 9.97 Å². The maximum atomic E-state index is 11.4. The van der Waals surface area contributed by atoms with Gasteiger partial charge in [-0.3, -0.25) is 9.78 Å². The van der Waals surface area contributed by atoms with E-state index in [9.17, 15) is 4.79 Å². The zero-order valence-electron chi connectivity index (χ0n) is 11.5. The molecule has 0 saturated heterocycles. The Kier molecular flexibility index (Phi) is 3.02. The number of fused-ring (bicyclic) bond motifs is 1. The van der Waals surface area contributed by atoms with Crippen LogP contribution >= 0.6 is 0 Å². The van der Waals surface area contributed by atoms with Gasteiger partial charge in [0, 0.05) is 28.9 Å². The quantitative estimate of drug-likeness (QED) is 0.751. The topological polar surface area (TPSA) is 94.9 Å². The maximum absolute atomic E-state index is 11.4. The molecule has 0 bridgehead atoms. The van der Waals surface area contributed by atoms with Crippen LogP contribution in [0.2, 0.25) is 0 Å². The number of benzene rings is 1. The first-order valence-corrected chi connectivity index (χ1v) is 6.48. The number of hydrogen-bond donors (Lipinski definition) is 2. The highest BCUT2D eigenvalue weighted by Crippen LogP contribution is 2.28. The molecule has 0 atom stereocenters. The number of aromatic nitrogens is 2. The molecule has 4 N–H and O–H groups in total. The van der Waals surface area contributed by atoms with Crippen molar-refractivity contribution < 1.29 is 4.79 Å². The number of pyridine rings is 2. The summed E-state index contributed by atoms with van der Waals surface area (Å²) in [7, 11) is 0. The van der Waals surface area contributed by atoms with Gasteiger partial charge in [-0.15, -0.1) is 0 Å². The molecule has 1 amide bonds. The number of nitrogen functional groups attached to an aromatic ring is 1. The van der Waals surface area contributed by atoms with Crippen LogP contribution in [0.1, 0.15) is 15.9 Å². The molecule has 0 aliphatic carbocycles. The summed E-state index contributed by atoms with van der Waals surface area (Å²) in [6.07, 6.45) is 3.26. The van der Waals surface area contributed by atoms with Gasteiger partial charge in [0.25, 0.3) is 0 Å². The number of hydrogen-bond acceptors (Lipinski definition) is 4. The van der Waals surface area contributed by atoms with Gasteiger partial charge in [-0.25, -0.2) is 4.98 Å². The Bertz CT molecular complexity index is 858. The van der Waals surface area contributed by atoms with Gasteiger partial charge >= 0.3 is 0 Å². The fourth-order valence-corrected chi connectivity index (χ4v) is 2.44. The van der Waals surface area contributed by atoms with E-state index in [-0.39, 0.29) is 0 Å². The molecular formula is C16H14N4O. The van der Waals surface area contributed by atoms with Gasteiger partial charge in [0.15, 0.2) is 0 Å². The van der Waals surface area contributed by atoms with E-state index in [4.69, 9.17) is 11.5 Å². The van der Waals surface area contributed by atoms with Crippen LogP contribution in [0.15, 0.2) is 42.7 Å². The van der Waals surface area contributed by atoms with E-state index in [1.54, 1.807) is 18.5 Å². The molecule has 0 radical (unpaired) electrons. The Hall–Kier alpha value is -2.95. The molecule has 104 valence electrons. The first kappa shape index (κ1) is 13.1. The Morgan fingerprint density at radius 3 is 2.62 bits per heavy atom. The highest BCUT2D eigenvalue weighted by molar-refractivity contribution is 5.97. The molecule has 0 spiro atoms.